The Balaban J connectivity index is 2.07. The van der Waals surface area contributed by atoms with Crippen molar-refractivity contribution < 1.29 is 13.2 Å². The zero-order valence-corrected chi connectivity index (χ0v) is 14.1. The van der Waals surface area contributed by atoms with E-state index in [0.717, 1.165) is 5.56 Å². The predicted molar refractivity (Wildman–Crippen MR) is 90.9 cm³/mol. The number of nitriles is 1. The first-order valence-electron chi connectivity index (χ1n) is 7.19. The highest BCUT2D eigenvalue weighted by atomic mass is 32.2. The zero-order chi connectivity index (χ0) is 17.7. The highest BCUT2D eigenvalue weighted by Gasteiger charge is 2.18. The summed E-state index contributed by atoms with van der Waals surface area (Å²) in [4.78, 5) is 12.1. The van der Waals surface area contributed by atoms with Gasteiger partial charge in [-0.25, -0.2) is 13.1 Å². The lowest BCUT2D eigenvalue weighted by atomic mass is 10.2. The molecule has 0 bridgehead atoms. The molecule has 1 amide bonds. The number of sulfonamides is 1. The summed E-state index contributed by atoms with van der Waals surface area (Å²) in [5.74, 6) is -0.550. The van der Waals surface area contributed by atoms with Crippen LogP contribution in [0.4, 0.5) is 5.69 Å². The molecular formula is C17H17N3O3S. The minimum Gasteiger partial charge on any atom is -0.324 e. The molecule has 0 saturated heterocycles. The average molecular weight is 343 g/mol. The fourth-order valence-corrected chi connectivity index (χ4v) is 3.43. The van der Waals surface area contributed by atoms with Crippen molar-refractivity contribution in [2.24, 2.45) is 0 Å². The van der Waals surface area contributed by atoms with E-state index in [4.69, 9.17) is 5.26 Å². The summed E-state index contributed by atoms with van der Waals surface area (Å²) in [6.45, 7) is 3.15. The molecule has 2 rings (SSSR count). The summed E-state index contributed by atoms with van der Waals surface area (Å²) in [5.41, 5.74) is 2.22. The van der Waals surface area contributed by atoms with Crippen molar-refractivity contribution in [2.45, 2.75) is 18.7 Å². The maximum Gasteiger partial charge on any atom is 0.241 e. The van der Waals surface area contributed by atoms with Gasteiger partial charge in [0.1, 0.15) is 6.07 Å². The van der Waals surface area contributed by atoms with Crippen LogP contribution in [0.3, 0.4) is 0 Å². The molecule has 7 heteroatoms. The molecule has 0 atom stereocenters. The Labute approximate surface area is 141 Å². The Bertz CT molecular complexity index is 915. The third kappa shape index (κ3) is 4.19. The van der Waals surface area contributed by atoms with Crippen LogP contribution in [-0.4, -0.2) is 20.9 Å². The standard InChI is InChI=1S/C17H17N3O3S/c1-12-7-8-16(13(2)9-12)24(22,23)19-11-17(21)20-15-6-4-3-5-14(15)10-18/h3-9,19H,11H2,1-2H3,(H,20,21). The summed E-state index contributed by atoms with van der Waals surface area (Å²) in [6.07, 6.45) is 0. The molecule has 2 aromatic rings. The SMILES string of the molecule is Cc1ccc(S(=O)(=O)NCC(=O)Nc2ccccc2C#N)c(C)c1. The molecule has 0 fully saturated rings. The van der Waals surface area contributed by atoms with Gasteiger partial charge in [0, 0.05) is 0 Å². The lowest BCUT2D eigenvalue weighted by Crippen LogP contribution is -2.33. The smallest absolute Gasteiger partial charge is 0.241 e. The van der Waals surface area contributed by atoms with Crippen molar-refractivity contribution in [3.05, 3.63) is 59.2 Å². The van der Waals surface area contributed by atoms with Gasteiger partial charge in [0.2, 0.25) is 15.9 Å². The van der Waals surface area contributed by atoms with E-state index in [1.54, 1.807) is 43.3 Å². The van der Waals surface area contributed by atoms with E-state index in [2.05, 4.69) is 10.0 Å². The number of nitrogens with one attached hydrogen (secondary N) is 2. The van der Waals surface area contributed by atoms with Crippen LogP contribution in [0, 0.1) is 25.2 Å². The molecule has 0 radical (unpaired) electrons. The van der Waals surface area contributed by atoms with Gasteiger partial charge in [-0.05, 0) is 37.6 Å². The second kappa shape index (κ2) is 7.25. The molecule has 6 nitrogen and oxygen atoms in total. The summed E-state index contributed by atoms with van der Waals surface area (Å²) in [5, 5.41) is 11.5. The number of aryl methyl sites for hydroxylation is 2. The third-order valence-electron chi connectivity index (χ3n) is 3.36. The lowest BCUT2D eigenvalue weighted by molar-refractivity contribution is -0.115. The predicted octanol–water partition coefficient (Wildman–Crippen LogP) is 2.09. The molecule has 2 N–H and O–H groups in total. The van der Waals surface area contributed by atoms with E-state index in [0.29, 0.717) is 16.8 Å². The Kier molecular flexibility index (Phi) is 5.34. The van der Waals surface area contributed by atoms with Crippen molar-refractivity contribution >= 4 is 21.6 Å². The average Bonchev–Trinajstić information content (AvgIpc) is 2.53. The van der Waals surface area contributed by atoms with Crippen LogP contribution in [-0.2, 0) is 14.8 Å². The van der Waals surface area contributed by atoms with E-state index in [1.165, 1.54) is 6.07 Å². The Morgan fingerprint density at radius 2 is 1.88 bits per heavy atom. The highest BCUT2D eigenvalue weighted by molar-refractivity contribution is 7.89. The van der Waals surface area contributed by atoms with Crippen LogP contribution >= 0.6 is 0 Å². The van der Waals surface area contributed by atoms with Crippen molar-refractivity contribution in [1.29, 1.82) is 5.26 Å². The summed E-state index contributed by atoms with van der Waals surface area (Å²) in [7, 11) is -3.79. The molecule has 0 spiro atoms. The van der Waals surface area contributed by atoms with E-state index in [1.807, 2.05) is 13.0 Å². The molecule has 0 saturated carbocycles. The highest BCUT2D eigenvalue weighted by Crippen LogP contribution is 2.16. The lowest BCUT2D eigenvalue weighted by Gasteiger charge is -2.11. The molecule has 0 heterocycles. The van der Waals surface area contributed by atoms with Gasteiger partial charge < -0.3 is 5.32 Å². The number of carbonyl (C=O) groups excluding carboxylic acids is 1. The van der Waals surface area contributed by atoms with Crippen LogP contribution in [0.15, 0.2) is 47.4 Å². The first-order valence-corrected chi connectivity index (χ1v) is 8.67. The van der Waals surface area contributed by atoms with Gasteiger partial charge >= 0.3 is 0 Å². The molecule has 24 heavy (non-hydrogen) atoms. The maximum absolute atomic E-state index is 12.3. The number of para-hydroxylation sites is 1. The number of anilines is 1. The van der Waals surface area contributed by atoms with Gasteiger partial charge in [0.25, 0.3) is 0 Å². The molecule has 0 unspecified atom stereocenters. The molecule has 0 aliphatic carbocycles. The quantitative estimate of drug-likeness (QED) is 0.868. The van der Waals surface area contributed by atoms with Crippen LogP contribution in [0.1, 0.15) is 16.7 Å². The molecule has 2 aromatic carbocycles. The Morgan fingerprint density at radius 1 is 1.17 bits per heavy atom. The van der Waals surface area contributed by atoms with Gasteiger partial charge in [0.15, 0.2) is 0 Å². The number of nitrogens with zero attached hydrogens (tertiary/aromatic N) is 1. The number of carbonyl (C=O) groups is 1. The van der Waals surface area contributed by atoms with Gasteiger partial charge in [0.05, 0.1) is 22.7 Å². The van der Waals surface area contributed by atoms with Crippen molar-refractivity contribution in [3.63, 3.8) is 0 Å². The van der Waals surface area contributed by atoms with Crippen molar-refractivity contribution in [2.75, 3.05) is 11.9 Å². The van der Waals surface area contributed by atoms with Gasteiger partial charge in [-0.1, -0.05) is 29.8 Å². The molecule has 0 aliphatic heterocycles. The number of rotatable bonds is 5. The third-order valence-corrected chi connectivity index (χ3v) is 4.93. The summed E-state index contributed by atoms with van der Waals surface area (Å²) < 4.78 is 26.9. The first kappa shape index (κ1) is 17.7. The van der Waals surface area contributed by atoms with Crippen molar-refractivity contribution in [1.82, 2.24) is 4.72 Å². The Hall–Kier alpha value is -2.69. The van der Waals surface area contributed by atoms with Crippen LogP contribution in [0.2, 0.25) is 0 Å². The van der Waals surface area contributed by atoms with Crippen LogP contribution in [0.25, 0.3) is 0 Å². The van der Waals surface area contributed by atoms with E-state index in [9.17, 15) is 13.2 Å². The minimum absolute atomic E-state index is 0.137. The number of hydrogen-bond acceptors (Lipinski definition) is 4. The van der Waals surface area contributed by atoms with Gasteiger partial charge in [-0.3, -0.25) is 4.79 Å². The first-order chi connectivity index (χ1) is 11.3. The normalized spacial score (nSPS) is 10.9. The number of benzene rings is 2. The number of hydrogen-bond donors (Lipinski definition) is 2. The largest absolute Gasteiger partial charge is 0.324 e. The fraction of sp³-hybridized carbons (Fsp3) is 0.176. The zero-order valence-electron chi connectivity index (χ0n) is 13.3. The molecule has 0 aliphatic rings. The van der Waals surface area contributed by atoms with E-state index in [-0.39, 0.29) is 4.90 Å². The molecule has 0 aromatic heterocycles. The van der Waals surface area contributed by atoms with E-state index >= 15 is 0 Å². The fourth-order valence-electron chi connectivity index (χ4n) is 2.22. The van der Waals surface area contributed by atoms with E-state index < -0.39 is 22.5 Å². The molecular weight excluding hydrogens is 326 g/mol. The second-order valence-electron chi connectivity index (χ2n) is 5.30. The van der Waals surface area contributed by atoms with Crippen molar-refractivity contribution in [3.8, 4) is 6.07 Å². The van der Waals surface area contributed by atoms with Gasteiger partial charge in [-0.15, -0.1) is 0 Å². The van der Waals surface area contributed by atoms with Crippen LogP contribution in [0.5, 0.6) is 0 Å². The van der Waals surface area contributed by atoms with Gasteiger partial charge in [-0.2, -0.15) is 5.26 Å². The topological polar surface area (TPSA) is 99.1 Å². The minimum atomic E-state index is -3.79. The van der Waals surface area contributed by atoms with Crippen LogP contribution < -0.4 is 10.0 Å². The maximum atomic E-state index is 12.3. The number of amides is 1. The monoisotopic (exact) mass is 343 g/mol. The second-order valence-corrected chi connectivity index (χ2v) is 7.03. The Morgan fingerprint density at radius 3 is 2.54 bits per heavy atom. The summed E-state index contributed by atoms with van der Waals surface area (Å²) in [6, 6.07) is 13.4. The summed E-state index contributed by atoms with van der Waals surface area (Å²) >= 11 is 0. The molecule has 124 valence electrons.